The van der Waals surface area contributed by atoms with Gasteiger partial charge in [0.25, 0.3) is 15.7 Å². The zero-order valence-corrected chi connectivity index (χ0v) is 12.0. The predicted molar refractivity (Wildman–Crippen MR) is 73.6 cm³/mol. The van der Waals surface area contributed by atoms with Crippen molar-refractivity contribution in [1.29, 1.82) is 0 Å². The Morgan fingerprint density at radius 2 is 2.00 bits per heavy atom. The van der Waals surface area contributed by atoms with Gasteiger partial charge in [-0.05, 0) is 18.9 Å². The molecule has 0 aliphatic heterocycles. The smallest absolute Gasteiger partial charge is 0.292 e. The highest BCUT2D eigenvalue weighted by Crippen LogP contribution is 2.27. The van der Waals surface area contributed by atoms with Gasteiger partial charge in [-0.1, -0.05) is 18.9 Å². The van der Waals surface area contributed by atoms with Crippen LogP contribution in [0.3, 0.4) is 0 Å². The number of hydrogen-bond acceptors (Lipinski definition) is 5. The first-order valence-electron chi connectivity index (χ1n) is 6.54. The number of rotatable bonds is 4. The van der Waals surface area contributed by atoms with Gasteiger partial charge in [0.05, 0.1) is 4.92 Å². The monoisotopic (exact) mass is 317 g/mol. The Morgan fingerprint density at radius 1 is 1.33 bits per heavy atom. The fraction of sp³-hybridized carbons (Fsp3) is 0.500. The second kappa shape index (κ2) is 6.04. The van der Waals surface area contributed by atoms with Crippen molar-refractivity contribution in [3.05, 3.63) is 34.1 Å². The molecule has 1 aliphatic rings. The normalized spacial score (nSPS) is 23.0. The number of sulfonamides is 1. The van der Waals surface area contributed by atoms with Crippen LogP contribution >= 0.6 is 0 Å². The van der Waals surface area contributed by atoms with Gasteiger partial charge < -0.3 is 5.73 Å². The summed E-state index contributed by atoms with van der Waals surface area (Å²) in [4.78, 5) is 9.04. The molecular formula is C12H16FN3O4S. The van der Waals surface area contributed by atoms with Crippen LogP contribution in [0.15, 0.2) is 23.1 Å². The molecule has 3 N–H and O–H groups in total. The minimum atomic E-state index is -4.35. The standard InChI is InChI=1S/C12H16FN3O4S/c13-8-4-3-7-11(16(17)18)12(8)21(19,20)15-10-6-2-1-5-9(10)14/h3-4,7,9-10,15H,1-2,5-6,14H2/t9-,10-/m1/s1. The number of nitrogens with two attached hydrogens (primary N) is 1. The van der Waals surface area contributed by atoms with Crippen LogP contribution in [-0.4, -0.2) is 25.4 Å². The second-order valence-electron chi connectivity index (χ2n) is 5.02. The lowest BCUT2D eigenvalue weighted by atomic mass is 9.92. The molecule has 0 unspecified atom stereocenters. The zero-order valence-electron chi connectivity index (χ0n) is 11.2. The van der Waals surface area contributed by atoms with E-state index in [0.717, 1.165) is 31.0 Å². The van der Waals surface area contributed by atoms with E-state index >= 15 is 0 Å². The van der Waals surface area contributed by atoms with Gasteiger partial charge in [0.2, 0.25) is 0 Å². The lowest BCUT2D eigenvalue weighted by Gasteiger charge is -2.28. The molecule has 2 atom stereocenters. The zero-order chi connectivity index (χ0) is 15.6. The summed E-state index contributed by atoms with van der Waals surface area (Å²) in [6.45, 7) is 0. The van der Waals surface area contributed by atoms with E-state index < -0.39 is 37.4 Å². The Morgan fingerprint density at radius 3 is 2.62 bits per heavy atom. The summed E-state index contributed by atoms with van der Waals surface area (Å²) in [5.74, 6) is -1.15. The average Bonchev–Trinajstić information content (AvgIpc) is 2.40. The van der Waals surface area contributed by atoms with Crippen LogP contribution in [0.1, 0.15) is 25.7 Å². The summed E-state index contributed by atoms with van der Waals surface area (Å²) in [6, 6.07) is 2.02. The highest BCUT2D eigenvalue weighted by Gasteiger charge is 2.34. The van der Waals surface area contributed by atoms with Crippen LogP contribution in [0.25, 0.3) is 0 Å². The van der Waals surface area contributed by atoms with Gasteiger partial charge in [-0.15, -0.1) is 0 Å². The molecule has 0 radical (unpaired) electrons. The van der Waals surface area contributed by atoms with Crippen molar-refractivity contribution in [1.82, 2.24) is 4.72 Å². The number of benzene rings is 1. The van der Waals surface area contributed by atoms with E-state index in [1.54, 1.807) is 0 Å². The minimum Gasteiger partial charge on any atom is -0.326 e. The molecule has 9 heteroatoms. The Hall–Kier alpha value is -1.58. The molecule has 0 bridgehead atoms. The molecule has 0 aromatic heterocycles. The third-order valence-electron chi connectivity index (χ3n) is 3.54. The number of nitrogens with zero attached hydrogens (tertiary/aromatic N) is 1. The van der Waals surface area contributed by atoms with Crippen molar-refractivity contribution < 1.29 is 17.7 Å². The van der Waals surface area contributed by atoms with E-state index in [1.807, 2.05) is 0 Å². The number of nitro benzene ring substituents is 1. The molecule has 1 saturated carbocycles. The first-order chi connectivity index (χ1) is 9.83. The van der Waals surface area contributed by atoms with Crippen LogP contribution < -0.4 is 10.5 Å². The summed E-state index contributed by atoms with van der Waals surface area (Å²) < 4.78 is 40.7. The maximum Gasteiger partial charge on any atom is 0.292 e. The van der Waals surface area contributed by atoms with Crippen molar-refractivity contribution in [2.24, 2.45) is 5.73 Å². The fourth-order valence-corrected chi connectivity index (χ4v) is 4.02. The molecule has 0 spiro atoms. The van der Waals surface area contributed by atoms with Gasteiger partial charge in [-0.3, -0.25) is 10.1 Å². The van der Waals surface area contributed by atoms with Crippen molar-refractivity contribution >= 4 is 15.7 Å². The van der Waals surface area contributed by atoms with Gasteiger partial charge in [0.15, 0.2) is 4.90 Å². The third kappa shape index (κ3) is 3.36. The quantitative estimate of drug-likeness (QED) is 0.641. The molecule has 7 nitrogen and oxygen atoms in total. The molecule has 1 aliphatic carbocycles. The van der Waals surface area contributed by atoms with Gasteiger partial charge in [-0.2, -0.15) is 0 Å². The number of halogens is 1. The van der Waals surface area contributed by atoms with Crippen LogP contribution in [0.5, 0.6) is 0 Å². The average molecular weight is 317 g/mol. The highest BCUT2D eigenvalue weighted by molar-refractivity contribution is 7.89. The summed E-state index contributed by atoms with van der Waals surface area (Å²) in [5.41, 5.74) is 5.06. The van der Waals surface area contributed by atoms with E-state index in [0.29, 0.717) is 12.8 Å². The lowest BCUT2D eigenvalue weighted by molar-refractivity contribution is -0.388. The van der Waals surface area contributed by atoms with E-state index in [9.17, 15) is 22.9 Å². The third-order valence-corrected chi connectivity index (χ3v) is 5.09. The van der Waals surface area contributed by atoms with Gasteiger partial charge in [-0.25, -0.2) is 17.5 Å². The van der Waals surface area contributed by atoms with E-state index in [4.69, 9.17) is 5.73 Å². The molecule has 2 rings (SSSR count). The van der Waals surface area contributed by atoms with Crippen LogP contribution in [0.4, 0.5) is 10.1 Å². The highest BCUT2D eigenvalue weighted by atomic mass is 32.2. The Bertz CT molecular complexity index is 650. The Balaban J connectivity index is 2.38. The molecule has 116 valence electrons. The SMILES string of the molecule is N[C@@H]1CCCC[C@H]1NS(=O)(=O)c1c(F)cccc1[N+](=O)[O-]. The molecule has 0 saturated heterocycles. The topological polar surface area (TPSA) is 115 Å². The number of nitro groups is 1. The minimum absolute atomic E-state index is 0.376. The van der Waals surface area contributed by atoms with Crippen LogP contribution in [0, 0.1) is 15.9 Å². The van der Waals surface area contributed by atoms with Gasteiger partial charge in [0.1, 0.15) is 5.82 Å². The summed E-state index contributed by atoms with van der Waals surface area (Å²) >= 11 is 0. The molecule has 0 heterocycles. The molecule has 1 aromatic carbocycles. The summed E-state index contributed by atoms with van der Waals surface area (Å²) in [7, 11) is -4.35. The maximum absolute atomic E-state index is 13.8. The van der Waals surface area contributed by atoms with Crippen molar-refractivity contribution in [3.63, 3.8) is 0 Å². The van der Waals surface area contributed by atoms with Crippen molar-refractivity contribution in [3.8, 4) is 0 Å². The summed E-state index contributed by atoms with van der Waals surface area (Å²) in [6.07, 6.45) is 2.90. The number of hydrogen-bond donors (Lipinski definition) is 2. The van der Waals surface area contributed by atoms with E-state index in [-0.39, 0.29) is 6.04 Å². The largest absolute Gasteiger partial charge is 0.326 e. The Labute approximate surface area is 121 Å². The van der Waals surface area contributed by atoms with Gasteiger partial charge in [0, 0.05) is 18.2 Å². The number of nitrogens with one attached hydrogen (secondary N) is 1. The summed E-state index contributed by atoms with van der Waals surface area (Å²) in [5, 5.41) is 10.9. The van der Waals surface area contributed by atoms with Crippen LogP contribution in [0.2, 0.25) is 0 Å². The van der Waals surface area contributed by atoms with Crippen molar-refractivity contribution in [2.75, 3.05) is 0 Å². The first kappa shape index (κ1) is 15.8. The van der Waals surface area contributed by atoms with Crippen LogP contribution in [-0.2, 0) is 10.0 Å². The molecular weight excluding hydrogens is 301 g/mol. The Kier molecular flexibility index (Phi) is 4.55. The molecule has 21 heavy (non-hydrogen) atoms. The second-order valence-corrected chi connectivity index (χ2v) is 6.67. The predicted octanol–water partition coefficient (Wildman–Crippen LogP) is 1.28. The molecule has 1 aromatic rings. The van der Waals surface area contributed by atoms with E-state index in [2.05, 4.69) is 4.72 Å². The van der Waals surface area contributed by atoms with Crippen molar-refractivity contribution in [2.45, 2.75) is 42.7 Å². The maximum atomic E-state index is 13.8. The fourth-order valence-electron chi connectivity index (χ4n) is 2.47. The van der Waals surface area contributed by atoms with Gasteiger partial charge >= 0.3 is 0 Å². The lowest BCUT2D eigenvalue weighted by Crippen LogP contribution is -2.49. The molecule has 1 fully saturated rings. The first-order valence-corrected chi connectivity index (χ1v) is 8.02. The molecule has 0 amide bonds. The van der Waals surface area contributed by atoms with E-state index in [1.165, 1.54) is 0 Å².